The molecular weight excluding hydrogens is 202 g/mol. The highest BCUT2D eigenvalue weighted by atomic mass is 16.4. The number of nitrogens with one attached hydrogen (secondary N) is 1. The van der Waals surface area contributed by atoms with Crippen LogP contribution in [-0.4, -0.2) is 17.6 Å². The average Bonchev–Trinajstić information content (AvgIpc) is 3.09. The van der Waals surface area contributed by atoms with Gasteiger partial charge in [0.25, 0.3) is 0 Å². The van der Waals surface area contributed by atoms with Gasteiger partial charge in [-0.15, -0.1) is 0 Å². The van der Waals surface area contributed by atoms with Crippen molar-refractivity contribution >= 4 is 11.7 Å². The van der Waals surface area contributed by atoms with Gasteiger partial charge in [-0.1, -0.05) is 12.2 Å². The molecule has 0 spiro atoms. The van der Waals surface area contributed by atoms with Crippen LogP contribution in [0.3, 0.4) is 0 Å². The van der Waals surface area contributed by atoms with Crippen molar-refractivity contribution in [1.82, 2.24) is 0 Å². The van der Waals surface area contributed by atoms with E-state index in [4.69, 9.17) is 5.11 Å². The second-order valence-electron chi connectivity index (χ2n) is 4.03. The fraction of sp³-hybridized carbons (Fsp3) is 0.308. The maximum Gasteiger partial charge on any atom is 0.335 e. The predicted octanol–water partition coefficient (Wildman–Crippen LogP) is 2.76. The molecule has 1 saturated carbocycles. The van der Waals surface area contributed by atoms with E-state index < -0.39 is 5.97 Å². The van der Waals surface area contributed by atoms with E-state index >= 15 is 0 Å². The SMILES string of the molecule is O=C(O)c1ccc(NCC=CC2CC2)cc1. The predicted molar refractivity (Wildman–Crippen MR) is 63.8 cm³/mol. The van der Waals surface area contributed by atoms with Crippen molar-refractivity contribution in [1.29, 1.82) is 0 Å². The molecule has 1 fully saturated rings. The van der Waals surface area contributed by atoms with Crippen LogP contribution in [0.4, 0.5) is 5.69 Å². The van der Waals surface area contributed by atoms with E-state index in [0.717, 1.165) is 18.2 Å². The molecule has 84 valence electrons. The van der Waals surface area contributed by atoms with E-state index in [9.17, 15) is 4.79 Å². The van der Waals surface area contributed by atoms with Gasteiger partial charge in [-0.2, -0.15) is 0 Å². The van der Waals surface area contributed by atoms with Gasteiger partial charge >= 0.3 is 5.97 Å². The molecule has 1 aliphatic rings. The summed E-state index contributed by atoms with van der Waals surface area (Å²) in [6.45, 7) is 0.795. The molecule has 0 amide bonds. The zero-order chi connectivity index (χ0) is 11.4. The number of carboxylic acid groups (broad SMARTS) is 1. The lowest BCUT2D eigenvalue weighted by atomic mass is 10.2. The summed E-state index contributed by atoms with van der Waals surface area (Å²) in [5.41, 5.74) is 1.27. The van der Waals surface area contributed by atoms with Gasteiger partial charge in [-0.3, -0.25) is 0 Å². The van der Waals surface area contributed by atoms with Gasteiger partial charge in [-0.05, 0) is 43.0 Å². The number of carbonyl (C=O) groups is 1. The number of hydrogen-bond donors (Lipinski definition) is 2. The lowest BCUT2D eigenvalue weighted by molar-refractivity contribution is 0.0697. The third-order valence-corrected chi connectivity index (χ3v) is 2.59. The van der Waals surface area contributed by atoms with Gasteiger partial charge < -0.3 is 10.4 Å². The quantitative estimate of drug-likeness (QED) is 0.745. The molecule has 1 aliphatic carbocycles. The third-order valence-electron chi connectivity index (χ3n) is 2.59. The summed E-state index contributed by atoms with van der Waals surface area (Å²) in [6.07, 6.45) is 7.01. The summed E-state index contributed by atoms with van der Waals surface area (Å²) in [5.74, 6) is -0.0867. The monoisotopic (exact) mass is 217 g/mol. The molecule has 2 rings (SSSR count). The molecule has 0 bridgehead atoms. The number of allylic oxidation sites excluding steroid dienone is 1. The average molecular weight is 217 g/mol. The first-order valence-corrected chi connectivity index (χ1v) is 5.49. The van der Waals surface area contributed by atoms with Gasteiger partial charge in [0.1, 0.15) is 0 Å². The zero-order valence-corrected chi connectivity index (χ0v) is 9.02. The number of aromatic carboxylic acids is 1. The van der Waals surface area contributed by atoms with Crippen LogP contribution >= 0.6 is 0 Å². The minimum atomic E-state index is -0.889. The topological polar surface area (TPSA) is 49.3 Å². The summed E-state index contributed by atoms with van der Waals surface area (Å²) in [6, 6.07) is 6.79. The normalized spacial score (nSPS) is 15.2. The van der Waals surface area contributed by atoms with Crippen LogP contribution in [0.5, 0.6) is 0 Å². The van der Waals surface area contributed by atoms with Crippen LogP contribution in [0.15, 0.2) is 36.4 Å². The molecule has 1 aromatic carbocycles. The highest BCUT2D eigenvalue weighted by Gasteiger charge is 2.16. The van der Waals surface area contributed by atoms with E-state index in [-0.39, 0.29) is 0 Å². The molecule has 0 aliphatic heterocycles. The minimum Gasteiger partial charge on any atom is -0.478 e. The van der Waals surface area contributed by atoms with Gasteiger partial charge in [0, 0.05) is 12.2 Å². The Morgan fingerprint density at radius 2 is 2.06 bits per heavy atom. The van der Waals surface area contributed by atoms with Crippen molar-refractivity contribution in [3.8, 4) is 0 Å². The largest absolute Gasteiger partial charge is 0.478 e. The number of rotatable bonds is 5. The van der Waals surface area contributed by atoms with E-state index in [1.54, 1.807) is 24.3 Å². The standard InChI is InChI=1S/C13H15NO2/c15-13(16)11-5-7-12(8-6-11)14-9-1-2-10-3-4-10/h1-2,5-8,10,14H,3-4,9H2,(H,15,16). The number of hydrogen-bond acceptors (Lipinski definition) is 2. The van der Waals surface area contributed by atoms with Crippen LogP contribution in [0.2, 0.25) is 0 Å². The highest BCUT2D eigenvalue weighted by molar-refractivity contribution is 5.87. The van der Waals surface area contributed by atoms with Crippen LogP contribution in [0.1, 0.15) is 23.2 Å². The summed E-state index contributed by atoms with van der Waals surface area (Å²) in [5, 5.41) is 11.9. The smallest absolute Gasteiger partial charge is 0.335 e. The first-order valence-electron chi connectivity index (χ1n) is 5.49. The molecule has 0 atom stereocenters. The lowest BCUT2D eigenvalue weighted by Gasteiger charge is -2.03. The summed E-state index contributed by atoms with van der Waals surface area (Å²) in [7, 11) is 0. The molecule has 16 heavy (non-hydrogen) atoms. The summed E-state index contributed by atoms with van der Waals surface area (Å²) in [4.78, 5) is 10.6. The van der Waals surface area contributed by atoms with Gasteiger partial charge in [-0.25, -0.2) is 4.79 Å². The van der Waals surface area contributed by atoms with Crippen LogP contribution in [-0.2, 0) is 0 Å². The van der Waals surface area contributed by atoms with Crippen molar-refractivity contribution in [2.24, 2.45) is 5.92 Å². The Labute approximate surface area is 94.8 Å². The van der Waals surface area contributed by atoms with Gasteiger partial charge in [0.15, 0.2) is 0 Å². The molecule has 0 radical (unpaired) electrons. The maximum atomic E-state index is 10.6. The number of benzene rings is 1. The third kappa shape index (κ3) is 3.12. The van der Waals surface area contributed by atoms with Crippen molar-refractivity contribution in [3.05, 3.63) is 42.0 Å². The second-order valence-corrected chi connectivity index (χ2v) is 4.03. The Bertz CT molecular complexity index is 391. The Hall–Kier alpha value is -1.77. The lowest BCUT2D eigenvalue weighted by Crippen LogP contribution is -2.00. The van der Waals surface area contributed by atoms with Crippen LogP contribution in [0, 0.1) is 5.92 Å². The first-order chi connectivity index (χ1) is 7.75. The summed E-state index contributed by atoms with van der Waals surface area (Å²) >= 11 is 0. The Morgan fingerprint density at radius 3 is 2.62 bits per heavy atom. The molecule has 0 saturated heterocycles. The van der Waals surface area contributed by atoms with Gasteiger partial charge in [0.05, 0.1) is 5.56 Å². The Morgan fingerprint density at radius 1 is 1.38 bits per heavy atom. The van der Waals surface area contributed by atoms with Crippen molar-refractivity contribution in [2.45, 2.75) is 12.8 Å². The van der Waals surface area contributed by atoms with E-state index in [1.807, 2.05) is 0 Å². The Kier molecular flexibility index (Phi) is 3.25. The second kappa shape index (κ2) is 4.84. The Balaban J connectivity index is 1.82. The fourth-order valence-corrected chi connectivity index (χ4v) is 1.46. The first kappa shape index (κ1) is 10.7. The minimum absolute atomic E-state index is 0.319. The number of carboxylic acids is 1. The molecule has 3 nitrogen and oxygen atoms in total. The molecule has 0 aromatic heterocycles. The molecular formula is C13H15NO2. The van der Waals surface area contributed by atoms with E-state index in [1.165, 1.54) is 12.8 Å². The number of anilines is 1. The van der Waals surface area contributed by atoms with Crippen molar-refractivity contribution in [2.75, 3.05) is 11.9 Å². The van der Waals surface area contributed by atoms with E-state index in [2.05, 4.69) is 17.5 Å². The summed E-state index contributed by atoms with van der Waals surface area (Å²) < 4.78 is 0. The molecule has 0 unspecified atom stereocenters. The highest BCUT2D eigenvalue weighted by Crippen LogP contribution is 2.29. The van der Waals surface area contributed by atoms with E-state index in [0.29, 0.717) is 5.56 Å². The van der Waals surface area contributed by atoms with Crippen LogP contribution < -0.4 is 5.32 Å². The van der Waals surface area contributed by atoms with Crippen molar-refractivity contribution < 1.29 is 9.90 Å². The fourth-order valence-electron chi connectivity index (χ4n) is 1.46. The molecule has 2 N–H and O–H groups in total. The van der Waals surface area contributed by atoms with Crippen LogP contribution in [0.25, 0.3) is 0 Å². The maximum absolute atomic E-state index is 10.6. The molecule has 1 aromatic rings. The zero-order valence-electron chi connectivity index (χ0n) is 9.02. The molecule has 3 heteroatoms. The molecule has 0 heterocycles. The van der Waals surface area contributed by atoms with Gasteiger partial charge in [0.2, 0.25) is 0 Å². The van der Waals surface area contributed by atoms with Crippen molar-refractivity contribution in [3.63, 3.8) is 0 Å².